The molecule has 0 aliphatic carbocycles. The van der Waals surface area contributed by atoms with Gasteiger partial charge in [-0.2, -0.15) is 0 Å². The van der Waals surface area contributed by atoms with Gasteiger partial charge in [0.15, 0.2) is 0 Å². The molecule has 0 aromatic heterocycles. The van der Waals surface area contributed by atoms with Crippen molar-refractivity contribution in [3.8, 4) is 0 Å². The molecule has 1 aromatic carbocycles. The molecule has 5 heteroatoms. The van der Waals surface area contributed by atoms with Crippen LogP contribution in [0.3, 0.4) is 0 Å². The van der Waals surface area contributed by atoms with Crippen LogP contribution in [0.25, 0.3) is 0 Å². The van der Waals surface area contributed by atoms with E-state index in [-0.39, 0.29) is 10.6 Å². The van der Waals surface area contributed by atoms with Crippen molar-refractivity contribution in [3.63, 3.8) is 0 Å². The van der Waals surface area contributed by atoms with Crippen LogP contribution in [-0.4, -0.2) is 30.5 Å². The maximum absolute atomic E-state index is 10.8. The molecule has 0 unspecified atom stereocenters. The van der Waals surface area contributed by atoms with Crippen LogP contribution in [0, 0.1) is 10.1 Å². The van der Waals surface area contributed by atoms with Gasteiger partial charge in [0, 0.05) is 19.7 Å². The molecular weight excluding hydrogens is 206 g/mol. The Balaban J connectivity index is 3.08. The molecule has 1 N–H and O–H groups in total. The van der Waals surface area contributed by atoms with Crippen LogP contribution < -0.4 is 5.32 Å². The van der Waals surface area contributed by atoms with E-state index < -0.39 is 0 Å². The highest BCUT2D eigenvalue weighted by Crippen LogP contribution is 2.28. The summed E-state index contributed by atoms with van der Waals surface area (Å²) in [6.07, 6.45) is 0. The molecule has 0 atom stereocenters. The molecular formula is C11H17N3O2. The first-order chi connectivity index (χ1) is 7.60. The highest BCUT2D eigenvalue weighted by molar-refractivity contribution is 5.66. The van der Waals surface area contributed by atoms with Gasteiger partial charge in [-0.05, 0) is 19.2 Å². The molecule has 88 valence electrons. The Morgan fingerprint density at radius 2 is 2.19 bits per heavy atom. The van der Waals surface area contributed by atoms with Gasteiger partial charge in [-0.25, -0.2) is 0 Å². The smallest absolute Gasteiger partial charge is 0.292 e. The molecule has 0 amide bonds. The van der Waals surface area contributed by atoms with E-state index in [0.717, 1.165) is 12.1 Å². The number of para-hydroxylation sites is 1. The number of nitrogens with zero attached hydrogens (tertiary/aromatic N) is 2. The van der Waals surface area contributed by atoms with Crippen LogP contribution in [0.1, 0.15) is 12.5 Å². The summed E-state index contributed by atoms with van der Waals surface area (Å²) in [4.78, 5) is 12.6. The van der Waals surface area contributed by atoms with Gasteiger partial charge in [-0.3, -0.25) is 10.1 Å². The molecule has 0 radical (unpaired) electrons. The van der Waals surface area contributed by atoms with Crippen LogP contribution in [0.15, 0.2) is 18.2 Å². The normalized spacial score (nSPS) is 10.5. The Morgan fingerprint density at radius 1 is 1.50 bits per heavy atom. The van der Waals surface area contributed by atoms with E-state index in [1.54, 1.807) is 13.1 Å². The summed E-state index contributed by atoms with van der Waals surface area (Å²) in [6, 6.07) is 5.14. The van der Waals surface area contributed by atoms with E-state index in [2.05, 4.69) is 17.1 Å². The molecule has 1 rings (SSSR count). The zero-order valence-corrected chi connectivity index (χ0v) is 9.86. The second kappa shape index (κ2) is 5.46. The molecule has 5 nitrogen and oxygen atoms in total. The Morgan fingerprint density at radius 3 is 2.69 bits per heavy atom. The topological polar surface area (TPSA) is 58.4 Å². The van der Waals surface area contributed by atoms with E-state index >= 15 is 0 Å². The molecule has 16 heavy (non-hydrogen) atoms. The average molecular weight is 223 g/mol. The summed E-state index contributed by atoms with van der Waals surface area (Å²) < 4.78 is 0. The van der Waals surface area contributed by atoms with Gasteiger partial charge >= 0.3 is 0 Å². The van der Waals surface area contributed by atoms with Gasteiger partial charge in [0.25, 0.3) is 5.69 Å². The number of nitro benzene ring substituents is 1. The van der Waals surface area contributed by atoms with Crippen molar-refractivity contribution in [3.05, 3.63) is 33.9 Å². The molecule has 0 bridgehead atoms. The third-order valence-corrected chi connectivity index (χ3v) is 2.56. The SMILES string of the molecule is CCN(C)Cc1cccc([N+](=O)[O-])c1NC. The zero-order valence-electron chi connectivity index (χ0n) is 9.86. The van der Waals surface area contributed by atoms with Crippen molar-refractivity contribution in [2.75, 3.05) is 26.0 Å². The Bertz CT molecular complexity index is 379. The van der Waals surface area contributed by atoms with Crippen molar-refractivity contribution >= 4 is 11.4 Å². The molecule has 1 aromatic rings. The summed E-state index contributed by atoms with van der Waals surface area (Å²) in [6.45, 7) is 3.66. The predicted octanol–water partition coefficient (Wildman–Crippen LogP) is 2.09. The fourth-order valence-corrected chi connectivity index (χ4v) is 1.56. The molecule has 0 heterocycles. The van der Waals surface area contributed by atoms with E-state index in [9.17, 15) is 10.1 Å². The van der Waals surface area contributed by atoms with Crippen LogP contribution in [0.4, 0.5) is 11.4 Å². The summed E-state index contributed by atoms with van der Waals surface area (Å²) in [5.41, 5.74) is 1.68. The van der Waals surface area contributed by atoms with Crippen LogP contribution in [-0.2, 0) is 6.54 Å². The number of nitro groups is 1. The number of hydrogen-bond donors (Lipinski definition) is 1. The Labute approximate surface area is 95.2 Å². The van der Waals surface area contributed by atoms with E-state index in [1.807, 2.05) is 13.1 Å². The summed E-state index contributed by atoms with van der Waals surface area (Å²) >= 11 is 0. The largest absolute Gasteiger partial charge is 0.382 e. The highest BCUT2D eigenvalue weighted by atomic mass is 16.6. The van der Waals surface area contributed by atoms with Gasteiger partial charge in [-0.15, -0.1) is 0 Å². The number of benzene rings is 1. The monoisotopic (exact) mass is 223 g/mol. The van der Waals surface area contributed by atoms with Gasteiger partial charge in [0.1, 0.15) is 5.69 Å². The third-order valence-electron chi connectivity index (χ3n) is 2.56. The molecule has 0 aliphatic heterocycles. The van der Waals surface area contributed by atoms with Crippen LogP contribution >= 0.6 is 0 Å². The summed E-state index contributed by atoms with van der Waals surface area (Å²) in [5.74, 6) is 0. The molecule has 0 fully saturated rings. The molecule has 0 saturated heterocycles. The highest BCUT2D eigenvalue weighted by Gasteiger charge is 2.16. The number of anilines is 1. The van der Waals surface area contributed by atoms with E-state index in [1.165, 1.54) is 6.07 Å². The first-order valence-electron chi connectivity index (χ1n) is 5.22. The maximum Gasteiger partial charge on any atom is 0.292 e. The number of hydrogen-bond acceptors (Lipinski definition) is 4. The van der Waals surface area contributed by atoms with Gasteiger partial charge in [-0.1, -0.05) is 19.1 Å². The van der Waals surface area contributed by atoms with Gasteiger partial charge in [0.2, 0.25) is 0 Å². The molecule has 0 spiro atoms. The minimum atomic E-state index is -0.360. The molecule has 0 aliphatic rings. The second-order valence-electron chi connectivity index (χ2n) is 3.65. The lowest BCUT2D eigenvalue weighted by Crippen LogP contribution is -2.17. The van der Waals surface area contributed by atoms with Crippen molar-refractivity contribution in [2.24, 2.45) is 0 Å². The fraction of sp³-hybridized carbons (Fsp3) is 0.455. The first kappa shape index (κ1) is 12.4. The number of nitrogens with one attached hydrogen (secondary N) is 1. The van der Waals surface area contributed by atoms with Crippen LogP contribution in [0.5, 0.6) is 0 Å². The fourth-order valence-electron chi connectivity index (χ4n) is 1.56. The standard InChI is InChI=1S/C11H17N3O2/c1-4-13(3)8-9-6-5-7-10(14(15)16)11(9)12-2/h5-7,12H,4,8H2,1-3H3. The van der Waals surface area contributed by atoms with Gasteiger partial charge < -0.3 is 10.2 Å². The van der Waals surface area contributed by atoms with Crippen molar-refractivity contribution in [1.82, 2.24) is 4.90 Å². The Kier molecular flexibility index (Phi) is 4.25. The van der Waals surface area contributed by atoms with Crippen molar-refractivity contribution in [2.45, 2.75) is 13.5 Å². The minimum absolute atomic E-state index is 0.129. The van der Waals surface area contributed by atoms with Crippen molar-refractivity contribution in [1.29, 1.82) is 0 Å². The quantitative estimate of drug-likeness (QED) is 0.613. The van der Waals surface area contributed by atoms with E-state index in [4.69, 9.17) is 0 Å². The Hall–Kier alpha value is -1.62. The third kappa shape index (κ3) is 2.70. The zero-order chi connectivity index (χ0) is 12.1. The number of rotatable bonds is 5. The predicted molar refractivity (Wildman–Crippen MR) is 64.7 cm³/mol. The summed E-state index contributed by atoms with van der Waals surface area (Å²) in [7, 11) is 3.69. The lowest BCUT2D eigenvalue weighted by molar-refractivity contribution is -0.384. The maximum atomic E-state index is 10.8. The first-order valence-corrected chi connectivity index (χ1v) is 5.22. The lowest BCUT2D eigenvalue weighted by atomic mass is 10.1. The summed E-state index contributed by atoms with van der Waals surface area (Å²) in [5, 5.41) is 13.7. The van der Waals surface area contributed by atoms with Gasteiger partial charge in [0.05, 0.1) is 4.92 Å². The van der Waals surface area contributed by atoms with E-state index in [0.29, 0.717) is 12.2 Å². The lowest BCUT2D eigenvalue weighted by Gasteiger charge is -2.16. The molecule has 0 saturated carbocycles. The average Bonchev–Trinajstić information content (AvgIpc) is 2.28. The van der Waals surface area contributed by atoms with Crippen LogP contribution in [0.2, 0.25) is 0 Å². The second-order valence-corrected chi connectivity index (χ2v) is 3.65. The van der Waals surface area contributed by atoms with Crippen molar-refractivity contribution < 1.29 is 4.92 Å². The minimum Gasteiger partial charge on any atom is -0.382 e.